The second-order valence-corrected chi connectivity index (χ2v) is 4.03. The van der Waals surface area contributed by atoms with Gasteiger partial charge in [0, 0.05) is 6.54 Å². The largest absolute Gasteiger partial charge is 0.481 e. The summed E-state index contributed by atoms with van der Waals surface area (Å²) in [6, 6.07) is 0. The maximum absolute atomic E-state index is 11.2. The minimum Gasteiger partial charge on any atom is -0.481 e. The van der Waals surface area contributed by atoms with Crippen molar-refractivity contribution in [2.75, 3.05) is 20.1 Å². The third-order valence-electron chi connectivity index (χ3n) is 2.99. The molecule has 84 valence electrons. The fourth-order valence-corrected chi connectivity index (χ4v) is 1.82. The van der Waals surface area contributed by atoms with Crippen LogP contribution in [0.5, 0.6) is 0 Å². The van der Waals surface area contributed by atoms with E-state index in [9.17, 15) is 9.90 Å². The van der Waals surface area contributed by atoms with Gasteiger partial charge in [0.05, 0.1) is 5.41 Å². The van der Waals surface area contributed by atoms with Crippen LogP contribution in [0.1, 0.15) is 40.0 Å². The first kappa shape index (κ1) is 13.4. The molecule has 1 N–H and O–H groups in total. The molecule has 0 amide bonds. The molecule has 0 heterocycles. The lowest BCUT2D eigenvalue weighted by Crippen LogP contribution is -2.41. The van der Waals surface area contributed by atoms with E-state index in [0.29, 0.717) is 19.4 Å². The first-order valence-corrected chi connectivity index (χ1v) is 5.44. The number of aliphatic carboxylic acids is 1. The van der Waals surface area contributed by atoms with Crippen LogP contribution in [0.15, 0.2) is 0 Å². The number of carboxylic acid groups (broad SMARTS) is 1. The van der Waals surface area contributed by atoms with Gasteiger partial charge in [-0.1, -0.05) is 20.8 Å². The van der Waals surface area contributed by atoms with Crippen LogP contribution in [0.4, 0.5) is 0 Å². The molecule has 0 bridgehead atoms. The van der Waals surface area contributed by atoms with E-state index in [2.05, 4.69) is 11.8 Å². The molecule has 0 aliphatic rings. The van der Waals surface area contributed by atoms with Gasteiger partial charge in [0.25, 0.3) is 0 Å². The van der Waals surface area contributed by atoms with Gasteiger partial charge in [-0.25, -0.2) is 0 Å². The fourth-order valence-electron chi connectivity index (χ4n) is 1.82. The zero-order valence-corrected chi connectivity index (χ0v) is 9.84. The standard InChI is InChI=1S/C11H23NO2/c1-5-8-12(4)9-11(6-2,7-3)10(13)14/h5-9H2,1-4H3,(H,13,14). The topological polar surface area (TPSA) is 40.5 Å². The van der Waals surface area contributed by atoms with Crippen LogP contribution in [0.3, 0.4) is 0 Å². The quantitative estimate of drug-likeness (QED) is 0.686. The molecule has 3 nitrogen and oxygen atoms in total. The molecular weight excluding hydrogens is 178 g/mol. The molecule has 0 aliphatic carbocycles. The normalized spacial score (nSPS) is 12.1. The molecule has 0 aromatic heterocycles. The van der Waals surface area contributed by atoms with E-state index in [1.807, 2.05) is 20.9 Å². The molecule has 0 aliphatic heterocycles. The van der Waals surface area contributed by atoms with Crippen molar-refractivity contribution in [3.05, 3.63) is 0 Å². The average molecular weight is 201 g/mol. The van der Waals surface area contributed by atoms with E-state index in [4.69, 9.17) is 0 Å². The Kier molecular flexibility index (Phi) is 5.77. The van der Waals surface area contributed by atoms with Gasteiger partial charge in [0.2, 0.25) is 0 Å². The number of carbonyl (C=O) groups is 1. The van der Waals surface area contributed by atoms with Crippen LogP contribution in [0, 0.1) is 5.41 Å². The van der Waals surface area contributed by atoms with Crippen molar-refractivity contribution < 1.29 is 9.90 Å². The van der Waals surface area contributed by atoms with E-state index in [0.717, 1.165) is 13.0 Å². The highest BCUT2D eigenvalue weighted by Gasteiger charge is 2.35. The fraction of sp³-hybridized carbons (Fsp3) is 0.909. The van der Waals surface area contributed by atoms with E-state index < -0.39 is 11.4 Å². The van der Waals surface area contributed by atoms with Gasteiger partial charge in [-0.05, 0) is 32.9 Å². The summed E-state index contributed by atoms with van der Waals surface area (Å²) < 4.78 is 0. The summed E-state index contributed by atoms with van der Waals surface area (Å²) in [7, 11) is 1.99. The average Bonchev–Trinajstić information content (AvgIpc) is 2.14. The lowest BCUT2D eigenvalue weighted by Gasteiger charge is -2.31. The smallest absolute Gasteiger partial charge is 0.310 e. The number of carboxylic acids is 1. The Hall–Kier alpha value is -0.570. The Bertz CT molecular complexity index is 176. The maximum atomic E-state index is 11.2. The van der Waals surface area contributed by atoms with Crippen LogP contribution in [-0.4, -0.2) is 36.1 Å². The Morgan fingerprint density at radius 2 is 1.79 bits per heavy atom. The summed E-state index contributed by atoms with van der Waals surface area (Å²) in [6.45, 7) is 7.64. The van der Waals surface area contributed by atoms with Gasteiger partial charge >= 0.3 is 5.97 Å². The number of hydrogen-bond acceptors (Lipinski definition) is 2. The molecule has 0 aromatic carbocycles. The van der Waals surface area contributed by atoms with Crippen LogP contribution in [-0.2, 0) is 4.79 Å². The van der Waals surface area contributed by atoms with Crippen LogP contribution < -0.4 is 0 Å². The molecule has 0 atom stereocenters. The van der Waals surface area contributed by atoms with Crippen LogP contribution in [0.2, 0.25) is 0 Å². The van der Waals surface area contributed by atoms with Crippen molar-refractivity contribution in [3.63, 3.8) is 0 Å². The first-order valence-electron chi connectivity index (χ1n) is 5.44. The van der Waals surface area contributed by atoms with Gasteiger partial charge < -0.3 is 10.0 Å². The predicted molar refractivity (Wildman–Crippen MR) is 58.4 cm³/mol. The Balaban J connectivity index is 4.42. The molecule has 0 rings (SSSR count). The summed E-state index contributed by atoms with van der Waals surface area (Å²) in [5.74, 6) is -0.662. The molecule has 14 heavy (non-hydrogen) atoms. The summed E-state index contributed by atoms with van der Waals surface area (Å²) in [6.07, 6.45) is 2.47. The van der Waals surface area contributed by atoms with Gasteiger partial charge in [-0.3, -0.25) is 4.79 Å². The molecule has 0 aromatic rings. The zero-order chi connectivity index (χ0) is 11.2. The summed E-state index contributed by atoms with van der Waals surface area (Å²) in [4.78, 5) is 13.3. The van der Waals surface area contributed by atoms with Gasteiger partial charge in [0.15, 0.2) is 0 Å². The monoisotopic (exact) mass is 201 g/mol. The molecule has 0 saturated heterocycles. The number of nitrogens with zero attached hydrogens (tertiary/aromatic N) is 1. The molecule has 3 heteroatoms. The summed E-state index contributed by atoms with van der Waals surface area (Å²) >= 11 is 0. The lowest BCUT2D eigenvalue weighted by atomic mass is 9.82. The lowest BCUT2D eigenvalue weighted by molar-refractivity contribution is -0.150. The van der Waals surface area contributed by atoms with Gasteiger partial charge in [-0.2, -0.15) is 0 Å². The predicted octanol–water partition coefficient (Wildman–Crippen LogP) is 2.22. The Morgan fingerprint density at radius 3 is 2.07 bits per heavy atom. The molecule has 0 saturated carbocycles. The van der Waals surface area contributed by atoms with Gasteiger partial charge in [-0.15, -0.1) is 0 Å². The second kappa shape index (κ2) is 6.02. The third-order valence-corrected chi connectivity index (χ3v) is 2.99. The minimum atomic E-state index is -0.662. The molecule has 0 radical (unpaired) electrons. The highest BCUT2D eigenvalue weighted by atomic mass is 16.4. The first-order chi connectivity index (χ1) is 6.52. The van der Waals surface area contributed by atoms with E-state index in [-0.39, 0.29) is 0 Å². The Labute approximate surface area is 87.1 Å². The SMILES string of the molecule is CCCN(C)CC(CC)(CC)C(=O)O. The van der Waals surface area contributed by atoms with Crippen molar-refractivity contribution in [2.24, 2.45) is 5.41 Å². The number of hydrogen-bond donors (Lipinski definition) is 1. The number of rotatable bonds is 7. The maximum Gasteiger partial charge on any atom is 0.310 e. The molecule has 0 unspecified atom stereocenters. The van der Waals surface area contributed by atoms with E-state index in [1.54, 1.807) is 0 Å². The van der Waals surface area contributed by atoms with Crippen LogP contribution >= 0.6 is 0 Å². The van der Waals surface area contributed by atoms with Crippen LogP contribution in [0.25, 0.3) is 0 Å². The summed E-state index contributed by atoms with van der Waals surface area (Å²) in [5, 5.41) is 9.21. The van der Waals surface area contributed by atoms with Crippen molar-refractivity contribution in [3.8, 4) is 0 Å². The molecule has 0 spiro atoms. The second-order valence-electron chi connectivity index (χ2n) is 4.03. The van der Waals surface area contributed by atoms with E-state index in [1.165, 1.54) is 0 Å². The highest BCUT2D eigenvalue weighted by Crippen LogP contribution is 2.27. The van der Waals surface area contributed by atoms with E-state index >= 15 is 0 Å². The summed E-state index contributed by atoms with van der Waals surface area (Å²) in [5.41, 5.74) is -0.552. The minimum absolute atomic E-state index is 0.552. The highest BCUT2D eigenvalue weighted by molar-refractivity contribution is 5.74. The molecular formula is C11H23NO2. The van der Waals surface area contributed by atoms with Gasteiger partial charge in [0.1, 0.15) is 0 Å². The Morgan fingerprint density at radius 1 is 1.29 bits per heavy atom. The van der Waals surface area contributed by atoms with Crippen molar-refractivity contribution in [1.82, 2.24) is 4.90 Å². The molecule has 0 fully saturated rings. The zero-order valence-electron chi connectivity index (χ0n) is 9.84. The third kappa shape index (κ3) is 3.29. The van der Waals surface area contributed by atoms with Crippen molar-refractivity contribution in [2.45, 2.75) is 40.0 Å². The van der Waals surface area contributed by atoms with Crippen molar-refractivity contribution in [1.29, 1.82) is 0 Å². The van der Waals surface area contributed by atoms with Crippen molar-refractivity contribution >= 4 is 5.97 Å².